The Morgan fingerprint density at radius 1 is 1.24 bits per heavy atom. The minimum atomic E-state index is 0.286. The first kappa shape index (κ1) is 18.7. The molecule has 0 amide bonds. The summed E-state index contributed by atoms with van der Waals surface area (Å²) < 4.78 is 5.40. The molecule has 3 rings (SSSR count). The van der Waals surface area contributed by atoms with Gasteiger partial charge in [-0.2, -0.15) is 0 Å². The minimum Gasteiger partial charge on any atom is -0.379 e. The standard InChI is InChI=1S/C19H32N4OS/c1-20-18(21-9-10-23-11-13-24-14-12-23)22-16-19(7-3-2-4-8-19)17-6-5-15-25-17/h5-6,15H,2-4,7-14,16H2,1H3,(H2,20,21,22). The van der Waals surface area contributed by atoms with Gasteiger partial charge in [-0.1, -0.05) is 25.3 Å². The first-order chi connectivity index (χ1) is 12.3. The van der Waals surface area contributed by atoms with Gasteiger partial charge >= 0.3 is 0 Å². The van der Waals surface area contributed by atoms with Crippen LogP contribution in [0.3, 0.4) is 0 Å². The molecule has 2 aliphatic rings. The first-order valence-corrected chi connectivity index (χ1v) is 10.5. The van der Waals surface area contributed by atoms with E-state index in [1.54, 1.807) is 0 Å². The molecular weight excluding hydrogens is 332 g/mol. The van der Waals surface area contributed by atoms with Crippen LogP contribution in [0.25, 0.3) is 0 Å². The second-order valence-corrected chi connectivity index (χ2v) is 8.07. The summed E-state index contributed by atoms with van der Waals surface area (Å²) in [5.74, 6) is 0.926. The van der Waals surface area contributed by atoms with Gasteiger partial charge in [0.05, 0.1) is 13.2 Å². The zero-order valence-electron chi connectivity index (χ0n) is 15.4. The molecule has 25 heavy (non-hydrogen) atoms. The highest BCUT2D eigenvalue weighted by molar-refractivity contribution is 7.10. The molecule has 1 aromatic heterocycles. The Morgan fingerprint density at radius 3 is 2.72 bits per heavy atom. The summed E-state index contributed by atoms with van der Waals surface area (Å²) in [4.78, 5) is 8.40. The fraction of sp³-hybridized carbons (Fsp3) is 0.737. The van der Waals surface area contributed by atoms with E-state index in [4.69, 9.17) is 4.74 Å². The average Bonchev–Trinajstić information content (AvgIpc) is 3.21. The monoisotopic (exact) mass is 364 g/mol. The molecule has 1 saturated heterocycles. The van der Waals surface area contributed by atoms with Crippen LogP contribution in [0.15, 0.2) is 22.5 Å². The van der Waals surface area contributed by atoms with Crippen LogP contribution in [0, 0.1) is 0 Å². The van der Waals surface area contributed by atoms with Crippen molar-refractivity contribution in [1.82, 2.24) is 15.5 Å². The van der Waals surface area contributed by atoms with Crippen molar-refractivity contribution in [2.24, 2.45) is 4.99 Å². The van der Waals surface area contributed by atoms with Crippen molar-refractivity contribution in [3.63, 3.8) is 0 Å². The predicted octanol–water partition coefficient (Wildman–Crippen LogP) is 2.45. The number of morpholine rings is 1. The first-order valence-electron chi connectivity index (χ1n) is 9.61. The highest BCUT2D eigenvalue weighted by atomic mass is 32.1. The number of guanidine groups is 1. The molecule has 1 aromatic rings. The number of hydrogen-bond acceptors (Lipinski definition) is 4. The molecule has 0 aromatic carbocycles. The SMILES string of the molecule is CN=C(NCCN1CCOCC1)NCC1(c2cccs2)CCCCC1. The van der Waals surface area contributed by atoms with Crippen molar-refractivity contribution in [3.8, 4) is 0 Å². The van der Waals surface area contributed by atoms with Gasteiger partial charge in [-0.05, 0) is 24.3 Å². The molecule has 1 aliphatic carbocycles. The maximum absolute atomic E-state index is 5.40. The van der Waals surface area contributed by atoms with Crippen LogP contribution in [-0.4, -0.2) is 63.8 Å². The molecule has 2 fully saturated rings. The van der Waals surface area contributed by atoms with Gasteiger partial charge in [0.2, 0.25) is 0 Å². The number of aliphatic imine (C=N–C) groups is 1. The van der Waals surface area contributed by atoms with Gasteiger partial charge in [0, 0.05) is 50.1 Å². The van der Waals surface area contributed by atoms with Crippen LogP contribution < -0.4 is 10.6 Å². The number of thiophene rings is 1. The fourth-order valence-corrected chi connectivity index (χ4v) is 4.94. The van der Waals surface area contributed by atoms with Crippen molar-refractivity contribution in [2.45, 2.75) is 37.5 Å². The van der Waals surface area contributed by atoms with Crippen LogP contribution in [0.2, 0.25) is 0 Å². The highest BCUT2D eigenvalue weighted by Gasteiger charge is 2.34. The van der Waals surface area contributed by atoms with Gasteiger partial charge in [0.25, 0.3) is 0 Å². The fourth-order valence-electron chi connectivity index (χ4n) is 3.95. The van der Waals surface area contributed by atoms with Gasteiger partial charge in [0.15, 0.2) is 5.96 Å². The maximum atomic E-state index is 5.40. The summed E-state index contributed by atoms with van der Waals surface area (Å²) in [5.41, 5.74) is 0.286. The molecule has 0 bridgehead atoms. The number of ether oxygens (including phenoxy) is 1. The summed E-state index contributed by atoms with van der Waals surface area (Å²) >= 11 is 1.91. The van der Waals surface area contributed by atoms with Crippen LogP contribution >= 0.6 is 11.3 Å². The Hall–Kier alpha value is -1.11. The lowest BCUT2D eigenvalue weighted by molar-refractivity contribution is 0.0389. The highest BCUT2D eigenvalue weighted by Crippen LogP contribution is 2.41. The zero-order chi connectivity index (χ0) is 17.4. The van der Waals surface area contributed by atoms with E-state index in [-0.39, 0.29) is 5.41 Å². The van der Waals surface area contributed by atoms with E-state index in [1.807, 2.05) is 18.4 Å². The van der Waals surface area contributed by atoms with Gasteiger partial charge in [0.1, 0.15) is 0 Å². The summed E-state index contributed by atoms with van der Waals surface area (Å²) in [7, 11) is 1.86. The van der Waals surface area contributed by atoms with Gasteiger partial charge in [-0.3, -0.25) is 9.89 Å². The van der Waals surface area contributed by atoms with E-state index in [2.05, 4.69) is 38.0 Å². The lowest BCUT2D eigenvalue weighted by atomic mass is 9.73. The summed E-state index contributed by atoms with van der Waals surface area (Å²) in [6, 6.07) is 4.50. The van der Waals surface area contributed by atoms with E-state index in [0.717, 1.165) is 51.9 Å². The third-order valence-electron chi connectivity index (χ3n) is 5.50. The molecule has 0 spiro atoms. The van der Waals surface area contributed by atoms with E-state index < -0.39 is 0 Å². The van der Waals surface area contributed by atoms with E-state index >= 15 is 0 Å². The van der Waals surface area contributed by atoms with Crippen LogP contribution in [0.5, 0.6) is 0 Å². The maximum Gasteiger partial charge on any atom is 0.191 e. The third kappa shape index (κ3) is 5.19. The molecule has 2 N–H and O–H groups in total. The zero-order valence-corrected chi connectivity index (χ0v) is 16.2. The largest absolute Gasteiger partial charge is 0.379 e. The van der Waals surface area contributed by atoms with Crippen LogP contribution in [-0.2, 0) is 10.2 Å². The summed E-state index contributed by atoms with van der Waals surface area (Å²) in [6.07, 6.45) is 6.61. The smallest absolute Gasteiger partial charge is 0.191 e. The number of rotatable bonds is 6. The molecule has 0 unspecified atom stereocenters. The Kier molecular flexibility index (Phi) is 7.13. The Bertz CT molecular complexity index is 520. The lowest BCUT2D eigenvalue weighted by Crippen LogP contribution is -2.48. The Morgan fingerprint density at radius 2 is 2.04 bits per heavy atom. The summed E-state index contributed by atoms with van der Waals surface area (Å²) in [6.45, 7) is 6.73. The molecule has 2 heterocycles. The predicted molar refractivity (Wildman–Crippen MR) is 106 cm³/mol. The summed E-state index contributed by atoms with van der Waals surface area (Å²) in [5, 5.41) is 9.30. The Labute approximate surface area is 155 Å². The quantitative estimate of drug-likeness (QED) is 0.601. The van der Waals surface area contributed by atoms with E-state index in [1.165, 1.54) is 37.0 Å². The second-order valence-electron chi connectivity index (χ2n) is 7.12. The van der Waals surface area contributed by atoms with Gasteiger partial charge in [-0.15, -0.1) is 11.3 Å². The molecular formula is C19H32N4OS. The van der Waals surface area contributed by atoms with Crippen molar-refractivity contribution in [3.05, 3.63) is 22.4 Å². The molecule has 1 saturated carbocycles. The van der Waals surface area contributed by atoms with E-state index in [9.17, 15) is 0 Å². The number of nitrogens with one attached hydrogen (secondary N) is 2. The average molecular weight is 365 g/mol. The van der Waals surface area contributed by atoms with Crippen molar-refractivity contribution < 1.29 is 4.74 Å². The third-order valence-corrected chi connectivity index (χ3v) is 6.61. The molecule has 0 atom stereocenters. The normalized spacial score (nSPS) is 21.9. The molecule has 1 aliphatic heterocycles. The van der Waals surface area contributed by atoms with Crippen LogP contribution in [0.1, 0.15) is 37.0 Å². The molecule has 6 heteroatoms. The molecule has 5 nitrogen and oxygen atoms in total. The lowest BCUT2D eigenvalue weighted by Gasteiger charge is -2.37. The second kappa shape index (κ2) is 9.55. The van der Waals surface area contributed by atoms with E-state index in [0.29, 0.717) is 0 Å². The van der Waals surface area contributed by atoms with Crippen molar-refractivity contribution in [2.75, 3.05) is 53.0 Å². The molecule has 0 radical (unpaired) electrons. The van der Waals surface area contributed by atoms with Gasteiger partial charge in [-0.25, -0.2) is 0 Å². The van der Waals surface area contributed by atoms with Gasteiger partial charge < -0.3 is 15.4 Å². The molecule has 140 valence electrons. The topological polar surface area (TPSA) is 48.9 Å². The number of hydrogen-bond donors (Lipinski definition) is 2. The number of nitrogens with zero attached hydrogens (tertiary/aromatic N) is 2. The van der Waals surface area contributed by atoms with Crippen molar-refractivity contribution in [1.29, 1.82) is 0 Å². The van der Waals surface area contributed by atoms with Crippen molar-refractivity contribution >= 4 is 17.3 Å². The Balaban J connectivity index is 1.48. The minimum absolute atomic E-state index is 0.286. The van der Waals surface area contributed by atoms with Crippen LogP contribution in [0.4, 0.5) is 0 Å².